The number of aromatic hydroxyl groups is 1. The van der Waals surface area contributed by atoms with Gasteiger partial charge in [-0.25, -0.2) is 4.79 Å². The van der Waals surface area contributed by atoms with Crippen LogP contribution in [0.3, 0.4) is 0 Å². The van der Waals surface area contributed by atoms with E-state index in [-0.39, 0.29) is 34.5 Å². The molecule has 2 atom stereocenters. The van der Waals surface area contributed by atoms with Gasteiger partial charge in [0.2, 0.25) is 0 Å². The molecule has 0 saturated heterocycles. The molecule has 29 heavy (non-hydrogen) atoms. The lowest BCUT2D eigenvalue weighted by Crippen LogP contribution is -2.28. The number of aromatic carboxylic acids is 1. The largest absolute Gasteiger partial charge is 0.508 e. The Bertz CT molecular complexity index is 1180. The first kappa shape index (κ1) is 18.8. The number of benzene rings is 2. The molecule has 1 heterocycles. The molecule has 148 valence electrons. The molecule has 0 amide bonds. The van der Waals surface area contributed by atoms with Crippen LogP contribution in [-0.2, 0) is 0 Å². The van der Waals surface area contributed by atoms with Crippen molar-refractivity contribution >= 4 is 11.8 Å². The Hall–Kier alpha value is -3.54. The highest BCUT2D eigenvalue weighted by molar-refractivity contribution is 5.93. The van der Waals surface area contributed by atoms with Gasteiger partial charge in [-0.15, -0.1) is 0 Å². The highest BCUT2D eigenvalue weighted by Crippen LogP contribution is 2.54. The quantitative estimate of drug-likeness (QED) is 0.630. The van der Waals surface area contributed by atoms with Crippen molar-refractivity contribution in [2.24, 2.45) is 0 Å². The third-order valence-corrected chi connectivity index (χ3v) is 5.74. The number of hydrogen-bond acceptors (Lipinski definition) is 4. The number of anilines is 1. The Morgan fingerprint density at radius 3 is 2.45 bits per heavy atom. The molecule has 0 spiro atoms. The van der Waals surface area contributed by atoms with Gasteiger partial charge in [-0.05, 0) is 55.4 Å². The van der Waals surface area contributed by atoms with Gasteiger partial charge in [0.05, 0.1) is 5.69 Å². The second-order valence-electron chi connectivity index (χ2n) is 7.58. The zero-order chi connectivity index (χ0) is 20.9. The lowest BCUT2D eigenvalue weighted by Gasteiger charge is -2.19. The zero-order valence-corrected chi connectivity index (χ0v) is 16.2. The second kappa shape index (κ2) is 6.81. The van der Waals surface area contributed by atoms with Gasteiger partial charge in [-0.3, -0.25) is 9.36 Å². The number of rotatable bonds is 4. The van der Waals surface area contributed by atoms with Crippen LogP contribution in [0.1, 0.15) is 50.9 Å². The number of hydrogen-bond donors (Lipinski definition) is 3. The van der Waals surface area contributed by atoms with Gasteiger partial charge in [0.1, 0.15) is 17.1 Å². The fraction of sp³-hybridized carbons (Fsp3) is 0.217. The number of phenols is 1. The molecule has 1 fully saturated rings. The topological polar surface area (TPSA) is 106 Å². The third-order valence-electron chi connectivity index (χ3n) is 5.74. The Kier molecular flexibility index (Phi) is 4.42. The fourth-order valence-corrected chi connectivity index (χ4v) is 4.09. The van der Waals surface area contributed by atoms with Gasteiger partial charge in [0.25, 0.3) is 5.56 Å². The first-order chi connectivity index (χ1) is 13.8. The van der Waals surface area contributed by atoms with Crippen LogP contribution in [0.2, 0.25) is 0 Å². The van der Waals surface area contributed by atoms with E-state index < -0.39 is 5.97 Å². The maximum Gasteiger partial charge on any atom is 0.339 e. The minimum atomic E-state index is -1.19. The Balaban J connectivity index is 1.93. The summed E-state index contributed by atoms with van der Waals surface area (Å²) in [6.07, 6.45) is 0.778. The normalized spacial score (nSPS) is 17.9. The highest BCUT2D eigenvalue weighted by atomic mass is 16.4. The van der Waals surface area contributed by atoms with E-state index in [9.17, 15) is 19.8 Å². The van der Waals surface area contributed by atoms with E-state index in [1.54, 1.807) is 26.0 Å². The Morgan fingerprint density at radius 2 is 1.79 bits per heavy atom. The van der Waals surface area contributed by atoms with E-state index in [4.69, 9.17) is 5.73 Å². The van der Waals surface area contributed by atoms with Crippen LogP contribution in [0, 0.1) is 13.8 Å². The molecule has 0 bridgehead atoms. The summed E-state index contributed by atoms with van der Waals surface area (Å²) in [5.74, 6) is -1.20. The Labute approximate surface area is 167 Å². The minimum Gasteiger partial charge on any atom is -0.508 e. The molecule has 0 radical (unpaired) electrons. The SMILES string of the molecule is Cc1ccc(O)c(C)c1-n1c(N)c(C(=O)O)cc(C2CC2c2ccccc2)c1=O. The standard InChI is InChI=1S/C23H22N2O4/c1-12-8-9-19(26)13(2)20(12)25-21(24)18(23(28)29)11-17(22(25)27)16-10-15(16)14-6-4-3-5-7-14/h3-9,11,15-16,26H,10,24H2,1-2H3,(H,28,29). The molecule has 3 aromatic rings. The van der Waals surface area contributed by atoms with Crippen LogP contribution < -0.4 is 11.3 Å². The van der Waals surface area contributed by atoms with Crippen LogP contribution in [0.5, 0.6) is 5.75 Å². The van der Waals surface area contributed by atoms with Crippen molar-refractivity contribution in [3.8, 4) is 11.4 Å². The van der Waals surface area contributed by atoms with E-state index in [0.29, 0.717) is 16.8 Å². The first-order valence-corrected chi connectivity index (χ1v) is 9.44. The van der Waals surface area contributed by atoms with Crippen molar-refractivity contribution in [2.75, 3.05) is 5.73 Å². The van der Waals surface area contributed by atoms with Gasteiger partial charge in [-0.1, -0.05) is 36.4 Å². The molecule has 1 aliphatic carbocycles. The molecule has 0 aliphatic heterocycles. The van der Waals surface area contributed by atoms with Crippen molar-refractivity contribution in [1.82, 2.24) is 4.57 Å². The third kappa shape index (κ3) is 3.06. The summed E-state index contributed by atoms with van der Waals surface area (Å²) in [7, 11) is 0. The lowest BCUT2D eigenvalue weighted by atomic mass is 10.0. The second-order valence-corrected chi connectivity index (χ2v) is 7.58. The van der Waals surface area contributed by atoms with E-state index in [1.165, 1.54) is 10.6 Å². The summed E-state index contributed by atoms with van der Waals surface area (Å²) in [5.41, 5.74) is 8.87. The maximum absolute atomic E-state index is 13.4. The number of phenolic OH excluding ortho intramolecular Hbond substituents is 1. The van der Waals surface area contributed by atoms with Gasteiger partial charge < -0.3 is 15.9 Å². The van der Waals surface area contributed by atoms with Gasteiger partial charge in [0.15, 0.2) is 0 Å². The molecule has 1 saturated carbocycles. The van der Waals surface area contributed by atoms with Crippen LogP contribution in [0.25, 0.3) is 5.69 Å². The monoisotopic (exact) mass is 390 g/mol. The number of carboxylic acids is 1. The molecular weight excluding hydrogens is 368 g/mol. The molecule has 1 aliphatic rings. The summed E-state index contributed by atoms with van der Waals surface area (Å²) in [4.78, 5) is 25.3. The van der Waals surface area contributed by atoms with Crippen LogP contribution in [-0.4, -0.2) is 20.7 Å². The Morgan fingerprint density at radius 1 is 1.10 bits per heavy atom. The average molecular weight is 390 g/mol. The van der Waals surface area contributed by atoms with Crippen LogP contribution >= 0.6 is 0 Å². The molecule has 2 aromatic carbocycles. The van der Waals surface area contributed by atoms with E-state index in [0.717, 1.165) is 17.5 Å². The number of nitrogen functional groups attached to an aromatic ring is 1. The molecule has 2 unspecified atom stereocenters. The molecule has 1 aromatic heterocycles. The predicted molar refractivity (Wildman–Crippen MR) is 111 cm³/mol. The summed E-state index contributed by atoms with van der Waals surface area (Å²) in [6.45, 7) is 3.48. The lowest BCUT2D eigenvalue weighted by molar-refractivity contribution is 0.0697. The molecule has 6 heteroatoms. The van der Waals surface area contributed by atoms with Crippen molar-refractivity contribution in [3.63, 3.8) is 0 Å². The van der Waals surface area contributed by atoms with Crippen LogP contribution in [0.15, 0.2) is 53.3 Å². The number of carboxylic acid groups (broad SMARTS) is 1. The van der Waals surface area contributed by atoms with Gasteiger partial charge in [-0.2, -0.15) is 0 Å². The number of nitrogens with zero attached hydrogens (tertiary/aromatic N) is 1. The molecule has 4 N–H and O–H groups in total. The first-order valence-electron chi connectivity index (χ1n) is 9.44. The number of aromatic nitrogens is 1. The van der Waals surface area contributed by atoms with E-state index in [1.807, 2.05) is 30.3 Å². The van der Waals surface area contributed by atoms with E-state index >= 15 is 0 Å². The van der Waals surface area contributed by atoms with Crippen LogP contribution in [0.4, 0.5) is 5.82 Å². The zero-order valence-electron chi connectivity index (χ0n) is 16.2. The molecule has 6 nitrogen and oxygen atoms in total. The summed E-state index contributed by atoms with van der Waals surface area (Å²) in [6, 6.07) is 14.5. The van der Waals surface area contributed by atoms with Crippen molar-refractivity contribution in [3.05, 3.63) is 86.7 Å². The van der Waals surface area contributed by atoms with E-state index in [2.05, 4.69) is 0 Å². The van der Waals surface area contributed by atoms with Crippen molar-refractivity contribution < 1.29 is 15.0 Å². The minimum absolute atomic E-state index is 0.0211. The highest BCUT2D eigenvalue weighted by Gasteiger charge is 2.42. The number of pyridine rings is 1. The molecular formula is C23H22N2O4. The maximum atomic E-state index is 13.4. The summed E-state index contributed by atoms with van der Waals surface area (Å²) < 4.78 is 1.24. The summed E-state index contributed by atoms with van der Waals surface area (Å²) in [5, 5.41) is 19.8. The number of carbonyl (C=O) groups is 1. The van der Waals surface area contributed by atoms with Crippen molar-refractivity contribution in [2.45, 2.75) is 32.1 Å². The number of nitrogens with two attached hydrogens (primary N) is 1. The molecule has 4 rings (SSSR count). The van der Waals surface area contributed by atoms with Gasteiger partial charge >= 0.3 is 5.97 Å². The predicted octanol–water partition coefficient (Wildman–Crippen LogP) is 3.71. The van der Waals surface area contributed by atoms with Crippen molar-refractivity contribution in [1.29, 1.82) is 0 Å². The fourth-order valence-electron chi connectivity index (χ4n) is 4.09. The van der Waals surface area contributed by atoms with Gasteiger partial charge in [0, 0.05) is 11.1 Å². The smallest absolute Gasteiger partial charge is 0.339 e. The average Bonchev–Trinajstić information content (AvgIpc) is 3.48. The summed E-state index contributed by atoms with van der Waals surface area (Å²) >= 11 is 0. The number of aryl methyl sites for hydroxylation is 1.